The third-order valence-electron chi connectivity index (χ3n) is 3.77. The van der Waals surface area contributed by atoms with Gasteiger partial charge in [-0.15, -0.1) is 11.8 Å². The van der Waals surface area contributed by atoms with Gasteiger partial charge in [-0.05, 0) is 31.7 Å². The van der Waals surface area contributed by atoms with Crippen LogP contribution >= 0.6 is 11.8 Å². The molecule has 0 radical (unpaired) electrons. The van der Waals surface area contributed by atoms with Crippen molar-refractivity contribution in [2.45, 2.75) is 38.0 Å². The first kappa shape index (κ1) is 15.9. The first-order valence-corrected chi connectivity index (χ1v) is 8.35. The van der Waals surface area contributed by atoms with Gasteiger partial charge in [-0.3, -0.25) is 9.59 Å². The summed E-state index contributed by atoms with van der Waals surface area (Å²) in [5.41, 5.74) is 2.45. The number of nitrogens with one attached hydrogen (secondary N) is 1. The molecule has 1 fully saturated rings. The zero-order chi connectivity index (χ0) is 15.2. The van der Waals surface area contributed by atoms with E-state index in [1.165, 1.54) is 11.1 Å². The number of thioether (sulfide) groups is 1. The molecule has 2 atom stereocenters. The summed E-state index contributed by atoms with van der Waals surface area (Å²) in [6.45, 7) is 2.05. The molecule has 1 aromatic carbocycles. The van der Waals surface area contributed by atoms with Crippen LogP contribution in [0, 0.1) is 12.8 Å². The van der Waals surface area contributed by atoms with Crippen molar-refractivity contribution in [3.63, 3.8) is 0 Å². The second-order valence-corrected chi connectivity index (χ2v) is 6.58. The molecule has 1 aliphatic rings. The van der Waals surface area contributed by atoms with Gasteiger partial charge in [0.2, 0.25) is 5.91 Å². The van der Waals surface area contributed by atoms with Crippen LogP contribution in [-0.2, 0) is 15.3 Å². The average Bonchev–Trinajstić information content (AvgIpc) is 2.90. The van der Waals surface area contributed by atoms with E-state index in [-0.39, 0.29) is 17.9 Å². The number of carbonyl (C=O) groups excluding carboxylic acids is 1. The van der Waals surface area contributed by atoms with E-state index in [1.54, 1.807) is 11.8 Å². The zero-order valence-corrected chi connectivity index (χ0v) is 13.0. The Kier molecular flexibility index (Phi) is 5.67. The molecule has 1 saturated carbocycles. The van der Waals surface area contributed by atoms with Crippen LogP contribution in [-0.4, -0.2) is 28.8 Å². The summed E-state index contributed by atoms with van der Waals surface area (Å²) in [4.78, 5) is 22.7. The Hall–Kier alpha value is -1.49. The number of carbonyl (C=O) groups is 2. The minimum Gasteiger partial charge on any atom is -0.481 e. The maximum Gasteiger partial charge on any atom is 0.306 e. The molecule has 1 aromatic rings. The van der Waals surface area contributed by atoms with Crippen molar-refractivity contribution < 1.29 is 14.7 Å². The number of benzene rings is 1. The Morgan fingerprint density at radius 3 is 2.62 bits per heavy atom. The topological polar surface area (TPSA) is 66.4 Å². The molecule has 2 rings (SSSR count). The molecule has 0 unspecified atom stereocenters. The van der Waals surface area contributed by atoms with Crippen LogP contribution in [0.25, 0.3) is 0 Å². The maximum atomic E-state index is 11.8. The predicted octanol–water partition coefficient (Wildman–Crippen LogP) is 2.60. The van der Waals surface area contributed by atoms with Crippen molar-refractivity contribution in [1.29, 1.82) is 0 Å². The molecule has 1 aliphatic carbocycles. The van der Waals surface area contributed by atoms with Crippen LogP contribution in [0.2, 0.25) is 0 Å². The largest absolute Gasteiger partial charge is 0.481 e. The Morgan fingerprint density at radius 1 is 1.29 bits per heavy atom. The molecule has 21 heavy (non-hydrogen) atoms. The van der Waals surface area contributed by atoms with Gasteiger partial charge in [-0.25, -0.2) is 0 Å². The molecule has 0 aliphatic heterocycles. The molecule has 0 heterocycles. The SMILES string of the molecule is Cc1ccc(CSCC(=O)N[C@H]2CC[C@@H](C(=O)O)C2)cc1. The molecule has 0 spiro atoms. The lowest BCUT2D eigenvalue weighted by Crippen LogP contribution is -2.34. The molecule has 0 aromatic heterocycles. The summed E-state index contributed by atoms with van der Waals surface area (Å²) in [6.07, 6.45) is 1.99. The van der Waals surface area contributed by atoms with Crippen molar-refractivity contribution in [1.82, 2.24) is 5.32 Å². The lowest BCUT2D eigenvalue weighted by Gasteiger charge is -2.12. The number of aliphatic carboxylic acids is 1. The molecule has 5 heteroatoms. The van der Waals surface area contributed by atoms with E-state index in [2.05, 4.69) is 36.5 Å². The Balaban J connectivity index is 1.66. The molecule has 2 N–H and O–H groups in total. The van der Waals surface area contributed by atoms with Gasteiger partial charge in [0, 0.05) is 11.8 Å². The van der Waals surface area contributed by atoms with Gasteiger partial charge >= 0.3 is 5.97 Å². The van der Waals surface area contributed by atoms with E-state index in [0.717, 1.165) is 12.2 Å². The van der Waals surface area contributed by atoms with Gasteiger partial charge in [-0.2, -0.15) is 0 Å². The highest BCUT2D eigenvalue weighted by atomic mass is 32.2. The van der Waals surface area contributed by atoms with Gasteiger partial charge in [0.25, 0.3) is 0 Å². The van der Waals surface area contributed by atoms with E-state index >= 15 is 0 Å². The molecular formula is C16H21NO3S. The first-order chi connectivity index (χ1) is 10.0. The van der Waals surface area contributed by atoms with Gasteiger partial charge in [0.05, 0.1) is 11.7 Å². The number of aryl methyl sites for hydroxylation is 1. The van der Waals surface area contributed by atoms with Crippen molar-refractivity contribution in [2.75, 3.05) is 5.75 Å². The molecule has 114 valence electrons. The van der Waals surface area contributed by atoms with Crippen LogP contribution < -0.4 is 5.32 Å². The van der Waals surface area contributed by atoms with E-state index in [1.807, 2.05) is 0 Å². The van der Waals surface area contributed by atoms with Crippen LogP contribution in [0.15, 0.2) is 24.3 Å². The summed E-state index contributed by atoms with van der Waals surface area (Å²) >= 11 is 1.58. The summed E-state index contributed by atoms with van der Waals surface area (Å²) in [6, 6.07) is 8.32. The van der Waals surface area contributed by atoms with E-state index < -0.39 is 5.97 Å². The molecular weight excluding hydrogens is 286 g/mol. The summed E-state index contributed by atoms with van der Waals surface area (Å²) in [5, 5.41) is 11.9. The zero-order valence-electron chi connectivity index (χ0n) is 12.2. The lowest BCUT2D eigenvalue weighted by atomic mass is 10.1. The fourth-order valence-electron chi connectivity index (χ4n) is 2.55. The van der Waals surface area contributed by atoms with Crippen molar-refractivity contribution in [3.05, 3.63) is 35.4 Å². The predicted molar refractivity (Wildman–Crippen MR) is 84.2 cm³/mol. The number of carboxylic acids is 1. The van der Waals surface area contributed by atoms with Crippen molar-refractivity contribution in [2.24, 2.45) is 5.92 Å². The highest BCUT2D eigenvalue weighted by Gasteiger charge is 2.30. The lowest BCUT2D eigenvalue weighted by molar-refractivity contribution is -0.141. The van der Waals surface area contributed by atoms with Gasteiger partial charge < -0.3 is 10.4 Å². The van der Waals surface area contributed by atoms with Gasteiger partial charge in [0.15, 0.2) is 0 Å². The van der Waals surface area contributed by atoms with Crippen LogP contribution in [0.5, 0.6) is 0 Å². The molecule has 0 saturated heterocycles. The fraction of sp³-hybridized carbons (Fsp3) is 0.500. The summed E-state index contributed by atoms with van der Waals surface area (Å²) < 4.78 is 0. The maximum absolute atomic E-state index is 11.8. The highest BCUT2D eigenvalue weighted by molar-refractivity contribution is 7.99. The molecule has 1 amide bonds. The van der Waals surface area contributed by atoms with E-state index in [4.69, 9.17) is 5.11 Å². The number of hydrogen-bond acceptors (Lipinski definition) is 3. The van der Waals surface area contributed by atoms with Gasteiger partial charge in [-0.1, -0.05) is 29.8 Å². The minimum absolute atomic E-state index is 0.00292. The van der Waals surface area contributed by atoms with E-state index in [0.29, 0.717) is 18.6 Å². The first-order valence-electron chi connectivity index (χ1n) is 7.20. The van der Waals surface area contributed by atoms with Crippen molar-refractivity contribution in [3.8, 4) is 0 Å². The quantitative estimate of drug-likeness (QED) is 0.848. The van der Waals surface area contributed by atoms with Crippen LogP contribution in [0.1, 0.15) is 30.4 Å². The average molecular weight is 307 g/mol. The normalized spacial score (nSPS) is 21.2. The number of hydrogen-bond donors (Lipinski definition) is 2. The third kappa shape index (κ3) is 5.08. The molecule has 4 nitrogen and oxygen atoms in total. The summed E-state index contributed by atoms with van der Waals surface area (Å²) in [5.74, 6) is 0.192. The number of carboxylic acid groups (broad SMARTS) is 1. The minimum atomic E-state index is -0.750. The van der Waals surface area contributed by atoms with Crippen LogP contribution in [0.3, 0.4) is 0 Å². The van der Waals surface area contributed by atoms with E-state index in [9.17, 15) is 9.59 Å². The van der Waals surface area contributed by atoms with Crippen molar-refractivity contribution >= 4 is 23.6 Å². The number of rotatable bonds is 6. The smallest absolute Gasteiger partial charge is 0.306 e. The van der Waals surface area contributed by atoms with Crippen LogP contribution in [0.4, 0.5) is 0 Å². The Morgan fingerprint density at radius 2 is 2.00 bits per heavy atom. The second-order valence-electron chi connectivity index (χ2n) is 5.59. The monoisotopic (exact) mass is 307 g/mol. The Labute approximate surface area is 129 Å². The Bertz CT molecular complexity index is 501. The molecule has 0 bridgehead atoms. The fourth-order valence-corrected chi connectivity index (χ4v) is 3.35. The highest BCUT2D eigenvalue weighted by Crippen LogP contribution is 2.25. The summed E-state index contributed by atoms with van der Waals surface area (Å²) in [7, 11) is 0. The van der Waals surface area contributed by atoms with Gasteiger partial charge in [0.1, 0.15) is 0 Å². The second kappa shape index (κ2) is 7.50. The standard InChI is InChI=1S/C16H21NO3S/c1-11-2-4-12(5-3-11)9-21-10-15(18)17-14-7-6-13(8-14)16(19)20/h2-5,13-14H,6-10H2,1H3,(H,17,18)(H,19,20)/t13-,14+/m1/s1. The number of amides is 1. The third-order valence-corrected chi connectivity index (χ3v) is 4.77.